The van der Waals surface area contributed by atoms with Crippen molar-refractivity contribution in [3.8, 4) is 0 Å². The van der Waals surface area contributed by atoms with Gasteiger partial charge in [0.05, 0.1) is 6.61 Å². The number of hydrogen-bond acceptors (Lipinski definition) is 6. The number of aliphatic hydroxyl groups is 3. The Bertz CT molecular complexity index is 526. The number of phosphoric ester groups is 1. The van der Waals surface area contributed by atoms with E-state index in [2.05, 4.69) is 12.2 Å². The summed E-state index contributed by atoms with van der Waals surface area (Å²) in [6.45, 7) is 1.66. The van der Waals surface area contributed by atoms with E-state index < -0.39 is 44.6 Å². The third-order valence-corrected chi connectivity index (χ3v) is 6.54. The van der Waals surface area contributed by atoms with Gasteiger partial charge in [-0.1, -0.05) is 84.0 Å². The van der Waals surface area contributed by atoms with Gasteiger partial charge >= 0.3 is 59.2 Å². The molecule has 0 spiro atoms. The van der Waals surface area contributed by atoms with Crippen molar-refractivity contribution in [3.63, 3.8) is 0 Å². The first-order valence-corrected chi connectivity index (χ1v) is 13.2. The minimum atomic E-state index is -4.96. The summed E-state index contributed by atoms with van der Waals surface area (Å²) in [5.74, 6) is 0. The van der Waals surface area contributed by atoms with Gasteiger partial charge in [0, 0.05) is 5.72 Å². The van der Waals surface area contributed by atoms with Gasteiger partial charge in [-0.25, -0.2) is 4.57 Å². The fraction of sp³-hybridized carbons (Fsp3) is 1.00. The van der Waals surface area contributed by atoms with Crippen LogP contribution < -0.4 is 51.4 Å². The second-order valence-corrected chi connectivity index (χ2v) is 9.74. The Morgan fingerprint density at radius 1 is 0.906 bits per heavy atom. The molecular formula is C21H43KNO8P. The first kappa shape index (κ1) is 33.5. The molecule has 0 amide bonds. The molecule has 0 saturated carbocycles. The maximum Gasteiger partial charge on any atom is 1.00 e. The molecule has 1 saturated heterocycles. The molecule has 1 heterocycles. The van der Waals surface area contributed by atoms with Gasteiger partial charge in [0.2, 0.25) is 0 Å². The molecule has 5 atom stereocenters. The summed E-state index contributed by atoms with van der Waals surface area (Å²) in [6, 6.07) is 0. The van der Waals surface area contributed by atoms with Crippen molar-refractivity contribution in [3.05, 3.63) is 5.32 Å². The minimum absolute atomic E-state index is 0. The SMILES string of the molecule is CCCCCCCCCCCCCCC1([N-]C)O[C@H](CO)[C@@H](O)[C@H](O)[C@H]1OP(=O)(O)O.[K+]. The average Bonchev–Trinajstić information content (AvgIpc) is 2.73. The molecular weight excluding hydrogens is 464 g/mol. The van der Waals surface area contributed by atoms with Crippen molar-refractivity contribution in [2.24, 2.45) is 0 Å². The van der Waals surface area contributed by atoms with Crippen LogP contribution in [-0.4, -0.2) is 68.9 Å². The van der Waals surface area contributed by atoms with Gasteiger partial charge in [-0.3, -0.25) is 4.52 Å². The zero-order valence-electron chi connectivity index (χ0n) is 20.1. The van der Waals surface area contributed by atoms with Gasteiger partial charge in [0.1, 0.15) is 24.4 Å². The van der Waals surface area contributed by atoms with Gasteiger partial charge in [0.15, 0.2) is 0 Å². The molecule has 1 unspecified atom stereocenters. The smallest absolute Gasteiger partial charge is 0.634 e. The summed E-state index contributed by atoms with van der Waals surface area (Å²) < 4.78 is 21.9. The number of phosphoric acid groups is 1. The third kappa shape index (κ3) is 12.0. The number of rotatable bonds is 17. The second kappa shape index (κ2) is 17.9. The van der Waals surface area contributed by atoms with Crippen LogP contribution in [0.15, 0.2) is 0 Å². The standard InChI is InChI=1S/C21H43NO8P.K/c1-3-4-5-6-7-8-9-10-11-12-13-14-15-21(22-2)20(30-31(26,27)28)19(25)18(24)17(16-23)29-21;/h17-20,23-25H,3-16H2,1-2H3,(H2,26,27,28);/q-1;+1/t17-,18-,19+,20-,21?;/m1./s1. The Morgan fingerprint density at radius 2 is 1.38 bits per heavy atom. The van der Waals surface area contributed by atoms with Crippen molar-refractivity contribution in [2.45, 2.75) is 121 Å². The van der Waals surface area contributed by atoms with Crippen LogP contribution in [0, 0.1) is 0 Å². The Labute approximate surface area is 235 Å². The molecule has 11 heteroatoms. The Kier molecular flexibility index (Phi) is 18.8. The summed E-state index contributed by atoms with van der Waals surface area (Å²) in [6.07, 6.45) is 8.33. The average molecular weight is 508 g/mol. The van der Waals surface area contributed by atoms with Crippen molar-refractivity contribution in [1.29, 1.82) is 0 Å². The molecule has 0 aromatic carbocycles. The van der Waals surface area contributed by atoms with E-state index in [0.717, 1.165) is 19.3 Å². The molecule has 0 aromatic rings. The largest absolute Gasteiger partial charge is 1.00 e. The normalized spacial score (nSPS) is 28.5. The summed E-state index contributed by atoms with van der Waals surface area (Å²) in [5.41, 5.74) is -1.55. The second-order valence-electron chi connectivity index (χ2n) is 8.54. The molecule has 1 aliphatic rings. The maximum absolute atomic E-state index is 11.4. The number of likely N-dealkylation sites (N-methyl/N-ethyl adjacent to an activating group) is 1. The molecule has 1 aliphatic heterocycles. The van der Waals surface area contributed by atoms with Gasteiger partial charge < -0.3 is 35.2 Å². The van der Waals surface area contributed by atoms with Crippen LogP contribution in [0.4, 0.5) is 0 Å². The predicted molar refractivity (Wildman–Crippen MR) is 119 cm³/mol. The summed E-state index contributed by atoms with van der Waals surface area (Å²) in [7, 11) is -3.55. The van der Waals surface area contributed by atoms with E-state index in [9.17, 15) is 29.7 Å². The zero-order valence-corrected chi connectivity index (χ0v) is 24.1. The van der Waals surface area contributed by atoms with Crippen molar-refractivity contribution in [2.75, 3.05) is 13.7 Å². The third-order valence-electron chi connectivity index (χ3n) is 6.04. The van der Waals surface area contributed by atoms with Crippen LogP contribution in [0.25, 0.3) is 5.32 Å². The van der Waals surface area contributed by atoms with E-state index in [0.29, 0.717) is 6.42 Å². The van der Waals surface area contributed by atoms with Crippen molar-refractivity contribution in [1.82, 2.24) is 0 Å². The van der Waals surface area contributed by atoms with Gasteiger partial charge in [0.25, 0.3) is 0 Å². The fourth-order valence-electron chi connectivity index (χ4n) is 4.21. The number of ether oxygens (including phenoxy) is 1. The number of unbranched alkanes of at least 4 members (excludes halogenated alkanes) is 11. The molecule has 186 valence electrons. The molecule has 0 bridgehead atoms. The minimum Gasteiger partial charge on any atom is -0.634 e. The molecule has 0 aliphatic carbocycles. The van der Waals surface area contributed by atoms with E-state index in [4.69, 9.17) is 9.26 Å². The summed E-state index contributed by atoms with van der Waals surface area (Å²) in [5, 5.41) is 34.1. The van der Waals surface area contributed by atoms with Crippen LogP contribution in [0.2, 0.25) is 0 Å². The van der Waals surface area contributed by atoms with E-state index >= 15 is 0 Å². The monoisotopic (exact) mass is 507 g/mol. The van der Waals surface area contributed by atoms with Crippen LogP contribution >= 0.6 is 7.82 Å². The summed E-state index contributed by atoms with van der Waals surface area (Å²) >= 11 is 0. The van der Waals surface area contributed by atoms with E-state index in [1.807, 2.05) is 0 Å². The zero-order chi connectivity index (χ0) is 23.3. The molecule has 0 aromatic heterocycles. The van der Waals surface area contributed by atoms with Crippen LogP contribution in [0.3, 0.4) is 0 Å². The van der Waals surface area contributed by atoms with E-state index in [1.54, 1.807) is 0 Å². The van der Waals surface area contributed by atoms with E-state index in [-0.39, 0.29) is 57.8 Å². The van der Waals surface area contributed by atoms with Gasteiger partial charge in [-0.05, 0) is 6.42 Å². The van der Waals surface area contributed by atoms with Crippen molar-refractivity contribution < 1.29 is 90.3 Å². The number of aliphatic hydroxyl groups excluding tert-OH is 3. The van der Waals surface area contributed by atoms with Crippen LogP contribution in [0.5, 0.6) is 0 Å². The summed E-state index contributed by atoms with van der Waals surface area (Å²) in [4.78, 5) is 18.5. The quantitative estimate of drug-likeness (QED) is 0.108. The van der Waals surface area contributed by atoms with Crippen molar-refractivity contribution >= 4 is 7.82 Å². The Balaban J connectivity index is 0.00000961. The maximum atomic E-state index is 11.4. The molecule has 5 N–H and O–H groups in total. The molecule has 1 fully saturated rings. The fourth-order valence-corrected chi connectivity index (χ4v) is 4.80. The van der Waals surface area contributed by atoms with Gasteiger partial charge in [-0.15, -0.1) is 0 Å². The number of nitrogens with zero attached hydrogens (tertiary/aromatic N) is 1. The Morgan fingerprint density at radius 3 is 1.78 bits per heavy atom. The first-order chi connectivity index (χ1) is 14.7. The topological polar surface area (TPSA) is 151 Å². The van der Waals surface area contributed by atoms with Gasteiger partial charge in [-0.2, -0.15) is 7.05 Å². The predicted octanol–water partition coefficient (Wildman–Crippen LogP) is 0.372. The van der Waals surface area contributed by atoms with Crippen LogP contribution in [-0.2, 0) is 13.8 Å². The first-order valence-electron chi connectivity index (χ1n) is 11.7. The van der Waals surface area contributed by atoms with Crippen LogP contribution in [0.1, 0.15) is 90.4 Å². The van der Waals surface area contributed by atoms with E-state index in [1.165, 1.54) is 58.4 Å². The number of hydrogen-bond donors (Lipinski definition) is 5. The molecule has 0 radical (unpaired) electrons. The molecule has 1 rings (SSSR count). The molecule has 9 nitrogen and oxygen atoms in total. The molecule has 32 heavy (non-hydrogen) atoms. The Hall–Kier alpha value is 1.55.